The van der Waals surface area contributed by atoms with Gasteiger partial charge in [-0.15, -0.1) is 0 Å². The van der Waals surface area contributed by atoms with Crippen molar-refractivity contribution in [3.63, 3.8) is 0 Å². The summed E-state index contributed by atoms with van der Waals surface area (Å²) >= 11 is 0. The highest BCUT2D eigenvalue weighted by atomic mass is 16.6. The smallest absolute Gasteiger partial charge is 0.270 e. The van der Waals surface area contributed by atoms with Gasteiger partial charge in [-0.05, 0) is 42.8 Å². The summed E-state index contributed by atoms with van der Waals surface area (Å²) in [5.74, 6) is 1.23. The van der Waals surface area contributed by atoms with Crippen molar-refractivity contribution >= 4 is 11.6 Å². The molecule has 0 radical (unpaired) electrons. The van der Waals surface area contributed by atoms with Gasteiger partial charge in [-0.25, -0.2) is 0 Å². The molecule has 0 saturated carbocycles. The van der Waals surface area contributed by atoms with Crippen LogP contribution in [0.4, 0.5) is 5.69 Å². The molecule has 1 heterocycles. The van der Waals surface area contributed by atoms with Crippen molar-refractivity contribution < 1.29 is 19.0 Å². The minimum Gasteiger partial charge on any atom is -0.497 e. The van der Waals surface area contributed by atoms with E-state index in [1.807, 2.05) is 61.5 Å². The number of aromatic nitrogens is 2. The second-order valence-electron chi connectivity index (χ2n) is 7.88. The summed E-state index contributed by atoms with van der Waals surface area (Å²) in [6, 6.07) is 22.3. The summed E-state index contributed by atoms with van der Waals surface area (Å²) in [6.07, 6.45) is 0.320. The molecule has 3 aromatic carbocycles. The third-order valence-electron chi connectivity index (χ3n) is 5.70. The summed E-state index contributed by atoms with van der Waals surface area (Å²) in [7, 11) is 1.60. The number of carbonyl (C=O) groups is 1. The normalized spacial score (nSPS) is 11.6. The van der Waals surface area contributed by atoms with E-state index in [1.165, 1.54) is 18.2 Å². The maximum Gasteiger partial charge on any atom is 0.270 e. The zero-order valence-corrected chi connectivity index (χ0v) is 19.3. The van der Waals surface area contributed by atoms with Crippen molar-refractivity contribution in [3.05, 3.63) is 106 Å². The number of ether oxygens (including phenoxy) is 1. The molecule has 9 nitrogen and oxygen atoms in total. The number of carbonyl (C=O) groups excluding carboxylic acids is 1. The molecule has 1 atom stereocenters. The number of nitro groups is 1. The zero-order valence-electron chi connectivity index (χ0n) is 19.3. The SMILES string of the molecule is COc1ccc(-c2noc(CCN(C(=O)c3cccc([N+](=O)[O-])c3)C(C)c3ccccc3)n2)cc1. The third kappa shape index (κ3) is 5.52. The molecule has 1 unspecified atom stereocenters. The maximum absolute atomic E-state index is 13.5. The fraction of sp³-hybridized carbons (Fsp3) is 0.192. The number of hydrogen-bond donors (Lipinski definition) is 0. The largest absolute Gasteiger partial charge is 0.497 e. The molecule has 9 heteroatoms. The van der Waals surface area contributed by atoms with Crippen LogP contribution >= 0.6 is 0 Å². The lowest BCUT2D eigenvalue weighted by Gasteiger charge is -2.29. The minimum absolute atomic E-state index is 0.135. The van der Waals surface area contributed by atoms with Crippen LogP contribution in [0.3, 0.4) is 0 Å². The van der Waals surface area contributed by atoms with E-state index >= 15 is 0 Å². The minimum atomic E-state index is -0.513. The van der Waals surface area contributed by atoms with Crippen molar-refractivity contribution in [3.8, 4) is 17.1 Å². The summed E-state index contributed by atoms with van der Waals surface area (Å²) in [4.78, 5) is 30.3. The monoisotopic (exact) mass is 472 g/mol. The van der Waals surface area contributed by atoms with Gasteiger partial charge in [0.15, 0.2) is 0 Å². The molecule has 0 aliphatic carbocycles. The molecular weight excluding hydrogens is 448 g/mol. The van der Waals surface area contributed by atoms with Crippen LogP contribution in [0.2, 0.25) is 0 Å². The van der Waals surface area contributed by atoms with Crippen molar-refractivity contribution in [2.24, 2.45) is 0 Å². The van der Waals surface area contributed by atoms with E-state index in [4.69, 9.17) is 9.26 Å². The second-order valence-corrected chi connectivity index (χ2v) is 7.88. The van der Waals surface area contributed by atoms with E-state index in [0.717, 1.165) is 16.9 Å². The average Bonchev–Trinajstić information content (AvgIpc) is 3.38. The van der Waals surface area contributed by atoms with Gasteiger partial charge in [-0.3, -0.25) is 14.9 Å². The molecule has 0 aliphatic rings. The standard InChI is InChI=1S/C26H24N4O5/c1-18(19-7-4-3-5-8-19)29(26(31)21-9-6-10-22(17-21)30(32)33)16-15-24-27-25(28-35-24)20-11-13-23(34-2)14-12-20/h3-14,17-18H,15-16H2,1-2H3. The number of amides is 1. The molecule has 0 N–H and O–H groups in total. The Hall–Kier alpha value is -4.53. The third-order valence-corrected chi connectivity index (χ3v) is 5.70. The van der Waals surface area contributed by atoms with Crippen molar-refractivity contribution in [2.75, 3.05) is 13.7 Å². The number of hydrogen-bond acceptors (Lipinski definition) is 7. The molecule has 178 valence electrons. The molecule has 0 bridgehead atoms. The molecule has 4 rings (SSSR count). The Morgan fingerprint density at radius 1 is 1.09 bits per heavy atom. The zero-order chi connectivity index (χ0) is 24.8. The Labute approximate surface area is 202 Å². The van der Waals surface area contributed by atoms with E-state index < -0.39 is 4.92 Å². The quantitative estimate of drug-likeness (QED) is 0.246. The van der Waals surface area contributed by atoms with Crippen LogP contribution in [-0.2, 0) is 6.42 Å². The summed E-state index contributed by atoms with van der Waals surface area (Å²) in [6.45, 7) is 2.20. The molecule has 35 heavy (non-hydrogen) atoms. The van der Waals surface area contributed by atoms with Gasteiger partial charge in [0.1, 0.15) is 5.75 Å². The summed E-state index contributed by atoms with van der Waals surface area (Å²) in [5, 5.41) is 15.3. The van der Waals surface area contributed by atoms with E-state index in [0.29, 0.717) is 18.1 Å². The first-order valence-electron chi connectivity index (χ1n) is 11.0. The Kier molecular flexibility index (Phi) is 7.15. The van der Waals surface area contributed by atoms with Gasteiger partial charge in [0.05, 0.1) is 18.1 Å². The highest BCUT2D eigenvalue weighted by Crippen LogP contribution is 2.25. The lowest BCUT2D eigenvalue weighted by atomic mass is 10.0. The highest BCUT2D eigenvalue weighted by Gasteiger charge is 2.25. The van der Waals surface area contributed by atoms with Gasteiger partial charge in [0.25, 0.3) is 11.6 Å². The molecule has 0 saturated heterocycles. The molecule has 0 spiro atoms. The molecule has 0 fully saturated rings. The van der Waals surface area contributed by atoms with Crippen LogP contribution < -0.4 is 4.74 Å². The predicted octanol–water partition coefficient (Wildman–Crippen LogP) is 5.10. The Balaban J connectivity index is 1.56. The fourth-order valence-corrected chi connectivity index (χ4v) is 3.73. The van der Waals surface area contributed by atoms with Gasteiger partial charge in [0, 0.05) is 36.2 Å². The fourth-order valence-electron chi connectivity index (χ4n) is 3.73. The van der Waals surface area contributed by atoms with Crippen LogP contribution in [0.25, 0.3) is 11.4 Å². The maximum atomic E-state index is 13.5. The first-order valence-corrected chi connectivity index (χ1v) is 11.0. The van der Waals surface area contributed by atoms with E-state index in [1.54, 1.807) is 18.1 Å². The van der Waals surface area contributed by atoms with E-state index in [-0.39, 0.29) is 29.7 Å². The Bertz CT molecular complexity index is 1300. The summed E-state index contributed by atoms with van der Waals surface area (Å²) in [5.41, 5.74) is 1.83. The lowest BCUT2D eigenvalue weighted by Crippen LogP contribution is -2.35. The average molecular weight is 473 g/mol. The number of nitro benzene ring substituents is 1. The number of non-ortho nitro benzene ring substituents is 1. The van der Waals surface area contributed by atoms with Crippen LogP contribution in [0.5, 0.6) is 5.75 Å². The van der Waals surface area contributed by atoms with Crippen molar-refractivity contribution in [1.29, 1.82) is 0 Å². The molecule has 4 aromatic rings. The summed E-state index contributed by atoms with van der Waals surface area (Å²) < 4.78 is 10.6. The number of rotatable bonds is 9. The number of benzene rings is 3. The van der Waals surface area contributed by atoms with E-state index in [9.17, 15) is 14.9 Å². The topological polar surface area (TPSA) is 112 Å². The van der Waals surface area contributed by atoms with Crippen molar-refractivity contribution in [1.82, 2.24) is 15.0 Å². The molecular formula is C26H24N4O5. The molecule has 1 amide bonds. The van der Waals surface area contributed by atoms with Crippen LogP contribution in [-0.4, -0.2) is 39.5 Å². The number of methoxy groups -OCH3 is 1. The van der Waals surface area contributed by atoms with E-state index in [2.05, 4.69) is 10.1 Å². The van der Waals surface area contributed by atoms with Crippen LogP contribution in [0.15, 0.2) is 83.4 Å². The Morgan fingerprint density at radius 2 is 1.83 bits per heavy atom. The van der Waals surface area contributed by atoms with Crippen LogP contribution in [0, 0.1) is 10.1 Å². The van der Waals surface area contributed by atoms with Gasteiger partial charge < -0.3 is 14.2 Å². The first-order chi connectivity index (χ1) is 17.0. The molecule has 0 aliphatic heterocycles. The highest BCUT2D eigenvalue weighted by molar-refractivity contribution is 5.95. The van der Waals surface area contributed by atoms with Crippen molar-refractivity contribution in [2.45, 2.75) is 19.4 Å². The predicted molar refractivity (Wildman–Crippen MR) is 129 cm³/mol. The first kappa shape index (κ1) is 23.6. The lowest BCUT2D eigenvalue weighted by molar-refractivity contribution is -0.384. The molecule has 1 aromatic heterocycles. The van der Waals surface area contributed by atoms with Gasteiger partial charge in [0.2, 0.25) is 11.7 Å². The van der Waals surface area contributed by atoms with Gasteiger partial charge in [-0.2, -0.15) is 4.98 Å². The van der Waals surface area contributed by atoms with Gasteiger partial charge in [-0.1, -0.05) is 41.6 Å². The van der Waals surface area contributed by atoms with Gasteiger partial charge >= 0.3 is 0 Å². The van der Waals surface area contributed by atoms with Crippen LogP contribution in [0.1, 0.15) is 34.8 Å². The Morgan fingerprint density at radius 3 is 2.51 bits per heavy atom. The number of nitrogens with zero attached hydrogens (tertiary/aromatic N) is 4. The second kappa shape index (κ2) is 10.6.